The van der Waals surface area contributed by atoms with Crippen LogP contribution in [0.4, 0.5) is 4.39 Å². The van der Waals surface area contributed by atoms with Gasteiger partial charge in [0.25, 0.3) is 0 Å². The second-order valence-electron chi connectivity index (χ2n) is 4.59. The Morgan fingerprint density at radius 1 is 1.40 bits per heavy atom. The standard InChI is InChI=1S/C12H16ClFN2O2S2/c13-12-8(7-15)5-10(6-11(12)14)20(17,18)16-9-1-3-19-4-2-9/h5-6,9,16H,1-4,7,15H2. The third kappa shape index (κ3) is 3.65. The van der Waals surface area contributed by atoms with Crippen molar-refractivity contribution < 1.29 is 12.8 Å². The lowest BCUT2D eigenvalue weighted by atomic mass is 10.2. The van der Waals surface area contributed by atoms with Gasteiger partial charge in [-0.05, 0) is 42.0 Å². The second-order valence-corrected chi connectivity index (χ2v) is 7.91. The SMILES string of the molecule is NCc1cc(S(=O)(=O)NC2CCSCC2)cc(F)c1Cl. The van der Waals surface area contributed by atoms with Crippen LogP contribution in [0.1, 0.15) is 18.4 Å². The number of rotatable bonds is 4. The van der Waals surface area contributed by atoms with Crippen molar-refractivity contribution in [2.24, 2.45) is 5.73 Å². The number of hydrogen-bond acceptors (Lipinski definition) is 4. The molecule has 0 saturated carbocycles. The lowest BCUT2D eigenvalue weighted by molar-refractivity contribution is 0.527. The van der Waals surface area contributed by atoms with Crippen LogP contribution in [-0.2, 0) is 16.6 Å². The highest BCUT2D eigenvalue weighted by Crippen LogP contribution is 2.25. The summed E-state index contributed by atoms with van der Waals surface area (Å²) >= 11 is 7.54. The Labute approximate surface area is 127 Å². The molecule has 0 unspecified atom stereocenters. The van der Waals surface area contributed by atoms with E-state index in [0.717, 1.165) is 30.4 Å². The fraction of sp³-hybridized carbons (Fsp3) is 0.500. The van der Waals surface area contributed by atoms with Crippen LogP contribution in [0.25, 0.3) is 0 Å². The van der Waals surface area contributed by atoms with E-state index >= 15 is 0 Å². The third-order valence-electron chi connectivity index (χ3n) is 3.15. The van der Waals surface area contributed by atoms with Gasteiger partial charge in [-0.3, -0.25) is 0 Å². The summed E-state index contributed by atoms with van der Waals surface area (Å²) in [5.41, 5.74) is 5.73. The Hall–Kier alpha value is -0.340. The summed E-state index contributed by atoms with van der Waals surface area (Å²) in [6.07, 6.45) is 1.56. The van der Waals surface area contributed by atoms with Gasteiger partial charge in [0, 0.05) is 12.6 Å². The van der Waals surface area contributed by atoms with E-state index in [-0.39, 0.29) is 28.1 Å². The van der Waals surface area contributed by atoms with Gasteiger partial charge in [0.2, 0.25) is 10.0 Å². The van der Waals surface area contributed by atoms with Crippen molar-refractivity contribution in [2.45, 2.75) is 30.3 Å². The quantitative estimate of drug-likeness (QED) is 0.882. The van der Waals surface area contributed by atoms with Gasteiger partial charge in [-0.25, -0.2) is 17.5 Å². The first kappa shape index (κ1) is 16.0. The van der Waals surface area contributed by atoms with Crippen LogP contribution in [0.5, 0.6) is 0 Å². The molecule has 3 N–H and O–H groups in total. The molecule has 112 valence electrons. The fourth-order valence-electron chi connectivity index (χ4n) is 2.02. The zero-order valence-electron chi connectivity index (χ0n) is 10.7. The maximum atomic E-state index is 13.7. The van der Waals surface area contributed by atoms with Gasteiger partial charge in [-0.2, -0.15) is 11.8 Å². The summed E-state index contributed by atoms with van der Waals surface area (Å²) in [6, 6.07) is 2.16. The summed E-state index contributed by atoms with van der Waals surface area (Å²) in [5.74, 6) is 1.08. The molecule has 1 fully saturated rings. The van der Waals surface area contributed by atoms with Gasteiger partial charge in [-0.1, -0.05) is 11.6 Å². The van der Waals surface area contributed by atoms with Crippen LogP contribution in [-0.4, -0.2) is 26.0 Å². The molecule has 20 heavy (non-hydrogen) atoms. The lowest BCUT2D eigenvalue weighted by Gasteiger charge is -2.22. The first-order valence-corrected chi connectivity index (χ1v) is 9.23. The molecule has 8 heteroatoms. The predicted octanol–water partition coefficient (Wildman–Crippen LogP) is 2.11. The van der Waals surface area contributed by atoms with Crippen molar-refractivity contribution in [3.63, 3.8) is 0 Å². The van der Waals surface area contributed by atoms with E-state index < -0.39 is 15.8 Å². The minimum Gasteiger partial charge on any atom is -0.326 e. The van der Waals surface area contributed by atoms with E-state index in [4.69, 9.17) is 17.3 Å². The number of nitrogens with one attached hydrogen (secondary N) is 1. The Balaban J connectivity index is 2.26. The molecule has 1 aliphatic heterocycles. The molecular weight excluding hydrogens is 323 g/mol. The van der Waals surface area contributed by atoms with E-state index in [1.165, 1.54) is 6.07 Å². The maximum Gasteiger partial charge on any atom is 0.240 e. The van der Waals surface area contributed by atoms with Gasteiger partial charge in [0.1, 0.15) is 5.82 Å². The zero-order chi connectivity index (χ0) is 14.8. The summed E-state index contributed by atoms with van der Waals surface area (Å²) in [6.45, 7) is -0.0147. The highest BCUT2D eigenvalue weighted by molar-refractivity contribution is 7.99. The molecular formula is C12H16ClFN2O2S2. The molecule has 1 aromatic rings. The topological polar surface area (TPSA) is 72.2 Å². The molecule has 0 amide bonds. The Morgan fingerprint density at radius 3 is 2.65 bits per heavy atom. The highest BCUT2D eigenvalue weighted by Gasteiger charge is 2.23. The van der Waals surface area contributed by atoms with E-state index in [2.05, 4.69) is 4.72 Å². The van der Waals surface area contributed by atoms with Gasteiger partial charge in [0.05, 0.1) is 9.92 Å². The second kappa shape index (κ2) is 6.62. The lowest BCUT2D eigenvalue weighted by Crippen LogP contribution is -2.37. The van der Waals surface area contributed by atoms with Crippen molar-refractivity contribution in [2.75, 3.05) is 11.5 Å². The first-order chi connectivity index (χ1) is 9.44. The van der Waals surface area contributed by atoms with E-state index in [1.807, 2.05) is 0 Å². The predicted molar refractivity (Wildman–Crippen MR) is 80.0 cm³/mol. The normalized spacial score (nSPS) is 17.4. The summed E-state index contributed by atoms with van der Waals surface area (Å²) in [7, 11) is -3.75. The van der Waals surface area contributed by atoms with Gasteiger partial charge >= 0.3 is 0 Å². The van der Waals surface area contributed by atoms with Gasteiger partial charge < -0.3 is 5.73 Å². The van der Waals surface area contributed by atoms with Crippen LogP contribution < -0.4 is 10.5 Å². The van der Waals surface area contributed by atoms with Crippen molar-refractivity contribution >= 4 is 33.4 Å². The van der Waals surface area contributed by atoms with Crippen LogP contribution >= 0.6 is 23.4 Å². The number of halogens is 2. The summed E-state index contributed by atoms with van der Waals surface area (Å²) < 4.78 is 40.8. The number of hydrogen-bond donors (Lipinski definition) is 2. The first-order valence-electron chi connectivity index (χ1n) is 6.22. The van der Waals surface area contributed by atoms with Crippen LogP contribution in [0.3, 0.4) is 0 Å². The molecule has 1 saturated heterocycles. The monoisotopic (exact) mass is 338 g/mol. The Kier molecular flexibility index (Phi) is 5.30. The molecule has 0 aliphatic carbocycles. The number of benzene rings is 1. The number of thioether (sulfide) groups is 1. The molecule has 1 aromatic carbocycles. The third-order valence-corrected chi connectivity index (χ3v) is 6.12. The van der Waals surface area contributed by atoms with Crippen LogP contribution in [0.2, 0.25) is 5.02 Å². The van der Waals surface area contributed by atoms with Crippen molar-refractivity contribution in [1.82, 2.24) is 4.72 Å². The van der Waals surface area contributed by atoms with Crippen molar-refractivity contribution in [3.05, 3.63) is 28.5 Å². The van der Waals surface area contributed by atoms with Gasteiger partial charge in [-0.15, -0.1) is 0 Å². The number of nitrogens with two attached hydrogens (primary N) is 1. The maximum absolute atomic E-state index is 13.7. The van der Waals surface area contributed by atoms with Crippen molar-refractivity contribution in [1.29, 1.82) is 0 Å². The Morgan fingerprint density at radius 2 is 2.05 bits per heavy atom. The molecule has 0 atom stereocenters. The fourth-order valence-corrected chi connectivity index (χ4v) is 4.68. The zero-order valence-corrected chi connectivity index (χ0v) is 13.1. The summed E-state index contributed by atoms with van der Waals surface area (Å²) in [5, 5.41) is -0.125. The molecule has 0 bridgehead atoms. The smallest absolute Gasteiger partial charge is 0.240 e. The van der Waals surface area contributed by atoms with E-state index in [9.17, 15) is 12.8 Å². The average Bonchev–Trinajstić information content (AvgIpc) is 2.42. The minimum absolute atomic E-state index is 0.0147. The molecule has 0 radical (unpaired) electrons. The average molecular weight is 339 g/mol. The number of sulfonamides is 1. The molecule has 0 aromatic heterocycles. The summed E-state index contributed by atoms with van der Waals surface area (Å²) in [4.78, 5) is -0.127. The molecule has 0 spiro atoms. The molecule has 1 heterocycles. The molecule has 2 rings (SSSR count). The van der Waals surface area contributed by atoms with E-state index in [1.54, 1.807) is 11.8 Å². The van der Waals surface area contributed by atoms with Gasteiger partial charge in [0.15, 0.2) is 0 Å². The Bertz CT molecular complexity index is 589. The minimum atomic E-state index is -3.75. The van der Waals surface area contributed by atoms with Crippen LogP contribution in [0, 0.1) is 5.82 Å². The van der Waals surface area contributed by atoms with Crippen molar-refractivity contribution in [3.8, 4) is 0 Å². The largest absolute Gasteiger partial charge is 0.326 e. The molecule has 4 nitrogen and oxygen atoms in total. The molecule has 1 aliphatic rings. The van der Waals surface area contributed by atoms with Crippen LogP contribution in [0.15, 0.2) is 17.0 Å². The highest BCUT2D eigenvalue weighted by atomic mass is 35.5. The van der Waals surface area contributed by atoms with E-state index in [0.29, 0.717) is 0 Å².